The van der Waals surface area contributed by atoms with Crippen molar-refractivity contribution < 1.29 is 32.6 Å². The second-order valence-electron chi connectivity index (χ2n) is 3.06. The molecule has 15 heavy (non-hydrogen) atoms. The van der Waals surface area contributed by atoms with Crippen molar-refractivity contribution in [2.75, 3.05) is 13.2 Å². The van der Waals surface area contributed by atoms with Gasteiger partial charge in [0.25, 0.3) is 0 Å². The average Bonchev–Trinajstić information content (AvgIpc) is 2.50. The Hall–Kier alpha value is -1.31. The number of aliphatic carboxylic acids is 1. The molecule has 0 unspecified atom stereocenters. The first-order chi connectivity index (χ1) is 6.82. The lowest BCUT2D eigenvalue weighted by atomic mass is 10.0. The molecule has 0 saturated carbocycles. The Bertz CT molecular complexity index is 278. The van der Waals surface area contributed by atoms with Crippen LogP contribution in [0.25, 0.3) is 0 Å². The zero-order valence-electron chi connectivity index (χ0n) is 7.37. The number of rotatable bonds is 2. The average molecular weight is 227 g/mol. The smallest absolute Gasteiger partial charge is 0.471 e. The van der Waals surface area contributed by atoms with Crippen molar-refractivity contribution in [2.45, 2.75) is 12.2 Å². The first kappa shape index (κ1) is 11.8. The first-order valence-corrected chi connectivity index (χ1v) is 4.00. The molecule has 0 aromatic rings. The van der Waals surface area contributed by atoms with Crippen LogP contribution in [0, 0.1) is 5.92 Å². The monoisotopic (exact) mass is 227 g/mol. The second kappa shape index (κ2) is 4.05. The van der Waals surface area contributed by atoms with Gasteiger partial charge in [0.2, 0.25) is 0 Å². The summed E-state index contributed by atoms with van der Waals surface area (Å²) >= 11 is 0. The van der Waals surface area contributed by atoms with Crippen LogP contribution in [0.15, 0.2) is 0 Å². The first-order valence-electron chi connectivity index (χ1n) is 4.00. The molecule has 1 heterocycles. The summed E-state index contributed by atoms with van der Waals surface area (Å²) in [5.41, 5.74) is 0. The van der Waals surface area contributed by atoms with E-state index in [1.165, 1.54) is 0 Å². The van der Waals surface area contributed by atoms with Crippen molar-refractivity contribution in [2.24, 2.45) is 5.92 Å². The summed E-state index contributed by atoms with van der Waals surface area (Å²) in [4.78, 5) is 21.0. The van der Waals surface area contributed by atoms with E-state index < -0.39 is 30.0 Å². The van der Waals surface area contributed by atoms with E-state index in [2.05, 4.69) is 4.74 Å². The van der Waals surface area contributed by atoms with Crippen LogP contribution in [0.5, 0.6) is 0 Å². The van der Waals surface area contributed by atoms with Gasteiger partial charge in [-0.1, -0.05) is 0 Å². The van der Waals surface area contributed by atoms with Gasteiger partial charge < -0.3 is 15.2 Å². The molecule has 1 aliphatic rings. The number of hydrogen-bond acceptors (Lipinski definition) is 3. The molecule has 86 valence electrons. The predicted molar refractivity (Wildman–Crippen MR) is 39.9 cm³/mol. The molecule has 0 aromatic carbocycles. The minimum atomic E-state index is -5.01. The highest BCUT2D eigenvalue weighted by molar-refractivity contribution is 5.83. The van der Waals surface area contributed by atoms with E-state index in [0.717, 1.165) is 0 Å². The van der Waals surface area contributed by atoms with Gasteiger partial charge in [0.15, 0.2) is 0 Å². The highest BCUT2D eigenvalue weighted by Gasteiger charge is 2.43. The lowest BCUT2D eigenvalue weighted by molar-refractivity contribution is -0.174. The molecule has 0 aromatic heterocycles. The normalized spacial score (nSPS) is 26.3. The Morgan fingerprint density at radius 1 is 1.33 bits per heavy atom. The van der Waals surface area contributed by atoms with Crippen LogP contribution < -0.4 is 5.32 Å². The Morgan fingerprint density at radius 2 is 1.93 bits per heavy atom. The fourth-order valence-corrected chi connectivity index (χ4v) is 1.19. The molecule has 1 aliphatic heterocycles. The molecule has 0 radical (unpaired) electrons. The summed E-state index contributed by atoms with van der Waals surface area (Å²) in [5.74, 6) is -4.57. The maximum absolute atomic E-state index is 11.8. The van der Waals surface area contributed by atoms with Crippen molar-refractivity contribution in [3.63, 3.8) is 0 Å². The number of nitrogens with one attached hydrogen (secondary N) is 1. The molecule has 2 atom stereocenters. The predicted octanol–water partition coefficient (Wildman–Crippen LogP) is -0.236. The Morgan fingerprint density at radius 3 is 2.40 bits per heavy atom. The van der Waals surface area contributed by atoms with Gasteiger partial charge in [0.05, 0.1) is 19.3 Å². The van der Waals surface area contributed by atoms with Gasteiger partial charge >= 0.3 is 18.1 Å². The van der Waals surface area contributed by atoms with Crippen LogP contribution in [-0.4, -0.2) is 42.4 Å². The number of amides is 1. The molecule has 1 saturated heterocycles. The fourth-order valence-electron chi connectivity index (χ4n) is 1.19. The van der Waals surface area contributed by atoms with Gasteiger partial charge in [-0.25, -0.2) is 0 Å². The van der Waals surface area contributed by atoms with Crippen LogP contribution in [0.1, 0.15) is 0 Å². The van der Waals surface area contributed by atoms with Crippen molar-refractivity contribution in [3.05, 3.63) is 0 Å². The van der Waals surface area contributed by atoms with Crippen LogP contribution in [-0.2, 0) is 14.3 Å². The minimum Gasteiger partial charge on any atom is -0.481 e. The van der Waals surface area contributed by atoms with E-state index in [1.54, 1.807) is 5.32 Å². The Kier molecular flexibility index (Phi) is 3.18. The standard InChI is InChI=1S/C7H8F3NO4/c8-7(9,10)6(14)11-4-2-15-1-3(4)5(12)13/h3-4H,1-2H2,(H,11,14)(H,12,13)/t3-,4-/m1/s1. The van der Waals surface area contributed by atoms with E-state index in [4.69, 9.17) is 5.11 Å². The minimum absolute atomic E-state index is 0.196. The summed E-state index contributed by atoms with van der Waals surface area (Å²) in [6.07, 6.45) is -5.01. The second-order valence-corrected chi connectivity index (χ2v) is 3.06. The molecular weight excluding hydrogens is 219 g/mol. The summed E-state index contributed by atoms with van der Waals surface area (Å²) in [6.45, 7) is -0.420. The number of halogens is 3. The van der Waals surface area contributed by atoms with Crippen LogP contribution in [0.3, 0.4) is 0 Å². The van der Waals surface area contributed by atoms with E-state index in [9.17, 15) is 22.8 Å². The van der Waals surface area contributed by atoms with Crippen molar-refractivity contribution >= 4 is 11.9 Å². The Balaban J connectivity index is 2.58. The number of carboxylic acid groups (broad SMARTS) is 1. The van der Waals surface area contributed by atoms with Gasteiger partial charge in [-0.2, -0.15) is 13.2 Å². The van der Waals surface area contributed by atoms with Crippen LogP contribution in [0.4, 0.5) is 13.2 Å². The third kappa shape index (κ3) is 2.82. The largest absolute Gasteiger partial charge is 0.481 e. The maximum atomic E-state index is 11.8. The summed E-state index contributed by atoms with van der Waals surface area (Å²) in [5, 5.41) is 10.2. The lowest BCUT2D eigenvalue weighted by Crippen LogP contribution is -2.47. The number of carboxylic acids is 1. The molecule has 1 fully saturated rings. The molecule has 0 aliphatic carbocycles. The molecule has 1 amide bonds. The summed E-state index contributed by atoms with van der Waals surface area (Å²) < 4.78 is 40.2. The van der Waals surface area contributed by atoms with E-state index in [-0.39, 0.29) is 13.2 Å². The van der Waals surface area contributed by atoms with E-state index >= 15 is 0 Å². The van der Waals surface area contributed by atoms with Gasteiger partial charge in [0.1, 0.15) is 5.92 Å². The van der Waals surface area contributed by atoms with Gasteiger partial charge in [-0.15, -0.1) is 0 Å². The van der Waals surface area contributed by atoms with Crippen molar-refractivity contribution in [1.29, 1.82) is 0 Å². The van der Waals surface area contributed by atoms with Crippen molar-refractivity contribution in [3.8, 4) is 0 Å². The van der Waals surface area contributed by atoms with Gasteiger partial charge in [0, 0.05) is 0 Å². The highest BCUT2D eigenvalue weighted by Crippen LogP contribution is 2.18. The summed E-state index contributed by atoms with van der Waals surface area (Å²) in [6, 6.07) is -1.13. The van der Waals surface area contributed by atoms with E-state index in [1.807, 2.05) is 0 Å². The number of ether oxygens (including phenoxy) is 1. The fraction of sp³-hybridized carbons (Fsp3) is 0.714. The molecule has 1 rings (SSSR count). The highest BCUT2D eigenvalue weighted by atomic mass is 19.4. The maximum Gasteiger partial charge on any atom is 0.471 e. The zero-order chi connectivity index (χ0) is 11.6. The number of carbonyl (C=O) groups excluding carboxylic acids is 1. The molecular formula is C7H8F3NO4. The van der Waals surface area contributed by atoms with Gasteiger partial charge in [-0.3, -0.25) is 9.59 Å². The van der Waals surface area contributed by atoms with Crippen molar-refractivity contribution in [1.82, 2.24) is 5.32 Å². The van der Waals surface area contributed by atoms with Crippen LogP contribution in [0.2, 0.25) is 0 Å². The zero-order valence-corrected chi connectivity index (χ0v) is 7.37. The Labute approximate surface area is 82.2 Å². The third-order valence-corrected chi connectivity index (χ3v) is 1.97. The topological polar surface area (TPSA) is 75.6 Å². The lowest BCUT2D eigenvalue weighted by Gasteiger charge is -2.16. The van der Waals surface area contributed by atoms with Crippen LogP contribution >= 0.6 is 0 Å². The number of carbonyl (C=O) groups is 2. The summed E-state index contributed by atoms with van der Waals surface area (Å²) in [7, 11) is 0. The van der Waals surface area contributed by atoms with E-state index in [0.29, 0.717) is 0 Å². The molecule has 0 spiro atoms. The SMILES string of the molecule is O=C(O)[C@@H]1COC[C@H]1NC(=O)C(F)(F)F. The quantitative estimate of drug-likeness (QED) is 0.682. The molecule has 5 nitrogen and oxygen atoms in total. The van der Waals surface area contributed by atoms with Gasteiger partial charge in [-0.05, 0) is 0 Å². The molecule has 0 bridgehead atoms. The number of hydrogen-bond donors (Lipinski definition) is 2. The number of alkyl halides is 3. The molecule has 8 heteroatoms. The molecule has 2 N–H and O–H groups in total. The third-order valence-electron chi connectivity index (χ3n) is 1.97.